The van der Waals surface area contributed by atoms with E-state index in [-0.39, 0.29) is 29.6 Å². The van der Waals surface area contributed by atoms with E-state index in [4.69, 9.17) is 0 Å². The molecule has 9 heteroatoms. The second-order valence-electron chi connectivity index (χ2n) is 3.42. The minimum atomic E-state index is -4.38. The maximum absolute atomic E-state index is 11.1. The number of ketones is 1. The molecule has 0 bridgehead atoms. The molecule has 1 amide bonds. The van der Waals surface area contributed by atoms with Gasteiger partial charge in [0.1, 0.15) is 0 Å². The van der Waals surface area contributed by atoms with Crippen molar-refractivity contribution >= 4 is 21.8 Å². The van der Waals surface area contributed by atoms with Crippen LogP contribution in [-0.2, 0) is 19.7 Å². The van der Waals surface area contributed by atoms with Crippen molar-refractivity contribution in [1.82, 2.24) is 4.90 Å². The van der Waals surface area contributed by atoms with Gasteiger partial charge in [0, 0.05) is 0 Å². The van der Waals surface area contributed by atoms with Crippen LogP contribution in [0.1, 0.15) is 0 Å². The van der Waals surface area contributed by atoms with Gasteiger partial charge in [-0.25, -0.2) is 8.42 Å². The van der Waals surface area contributed by atoms with Crippen LogP contribution in [0.4, 0.5) is 0 Å². The molecule has 2 N–H and O–H groups in total. The van der Waals surface area contributed by atoms with Crippen LogP contribution in [-0.4, -0.2) is 55.5 Å². The van der Waals surface area contributed by atoms with Gasteiger partial charge in [0.2, 0.25) is 5.91 Å². The van der Waals surface area contributed by atoms with Gasteiger partial charge in [-0.2, -0.15) is 0 Å². The van der Waals surface area contributed by atoms with Crippen molar-refractivity contribution in [2.75, 3.05) is 19.8 Å². The van der Waals surface area contributed by atoms with Crippen molar-refractivity contribution in [3.8, 4) is 0 Å². The van der Waals surface area contributed by atoms with E-state index in [9.17, 15) is 22.6 Å². The number of hydrogen-bond acceptors (Lipinski definition) is 6. The quantitative estimate of drug-likeness (QED) is 0.302. The molecule has 1 atom stereocenters. The number of rotatable bonds is 6. The summed E-state index contributed by atoms with van der Waals surface area (Å²) in [5.41, 5.74) is 4.53. The molecule has 0 fully saturated rings. The van der Waals surface area contributed by atoms with E-state index < -0.39 is 33.6 Å². The summed E-state index contributed by atoms with van der Waals surface area (Å²) < 4.78 is 31.2. The Labute approximate surface area is 135 Å². The van der Waals surface area contributed by atoms with E-state index >= 15 is 0 Å². The molecule has 0 rings (SSSR count). The Morgan fingerprint density at radius 3 is 1.84 bits per heavy atom. The molecule has 7 nitrogen and oxygen atoms in total. The number of primary amides is 1. The Kier molecular flexibility index (Phi) is 14.1. The summed E-state index contributed by atoms with van der Waals surface area (Å²) in [4.78, 5) is 21.9. The Balaban J connectivity index is -0.000000366. The van der Waals surface area contributed by atoms with Gasteiger partial charge < -0.3 is 10.3 Å². The fourth-order valence-corrected chi connectivity index (χ4v) is 1.66. The summed E-state index contributed by atoms with van der Waals surface area (Å²) in [6, 6.07) is -0.931. The number of carbonyl (C=O) groups excluding carboxylic acids is 2. The van der Waals surface area contributed by atoms with Crippen molar-refractivity contribution in [2.24, 2.45) is 5.73 Å². The van der Waals surface area contributed by atoms with E-state index in [1.165, 1.54) is 19.0 Å². The van der Waals surface area contributed by atoms with Gasteiger partial charge in [-0.15, -0.1) is 0 Å². The molecule has 0 aliphatic carbocycles. The van der Waals surface area contributed by atoms with E-state index in [2.05, 4.69) is 18.9 Å². The van der Waals surface area contributed by atoms with Gasteiger partial charge in [-0.05, 0) is 26.2 Å². The first-order valence-corrected chi connectivity index (χ1v) is 6.31. The summed E-state index contributed by atoms with van der Waals surface area (Å²) in [5, 5.41) is 0. The Morgan fingerprint density at radius 1 is 1.32 bits per heavy atom. The molecule has 0 saturated heterocycles. The number of carbonyl (C=O) groups is 2. The van der Waals surface area contributed by atoms with Crippen LogP contribution >= 0.6 is 0 Å². The van der Waals surface area contributed by atoms with Crippen LogP contribution in [0, 0.1) is 0 Å². The molecule has 19 heavy (non-hydrogen) atoms. The normalized spacial score (nSPS) is 11.4. The van der Waals surface area contributed by atoms with Crippen LogP contribution < -0.4 is 35.3 Å². The molecule has 0 aliphatic rings. The number of nitrogens with zero attached hydrogens (tertiary/aromatic N) is 1. The Morgan fingerprint density at radius 2 is 1.68 bits per heavy atom. The fraction of sp³-hybridized carbons (Fsp3) is 0.400. The second-order valence-corrected chi connectivity index (χ2v) is 4.87. The van der Waals surface area contributed by atoms with Crippen LogP contribution in [0.5, 0.6) is 0 Å². The zero-order valence-corrected chi connectivity index (χ0v) is 14.1. The van der Waals surface area contributed by atoms with E-state index in [0.29, 0.717) is 0 Å². The number of amides is 1. The second kappa shape index (κ2) is 11.3. The maximum atomic E-state index is 11.1. The third-order valence-corrected chi connectivity index (χ3v) is 2.44. The smallest absolute Gasteiger partial charge is 0.748 e. The van der Waals surface area contributed by atoms with Gasteiger partial charge in [0.25, 0.3) is 0 Å². The predicted octanol–water partition coefficient (Wildman–Crippen LogP) is -4.12. The third-order valence-electron chi connectivity index (χ3n) is 1.72. The van der Waals surface area contributed by atoms with E-state index in [0.717, 1.165) is 12.2 Å². The topological polar surface area (TPSA) is 121 Å². The van der Waals surface area contributed by atoms with Crippen LogP contribution in [0.15, 0.2) is 25.3 Å². The van der Waals surface area contributed by atoms with Crippen molar-refractivity contribution < 1.29 is 52.1 Å². The summed E-state index contributed by atoms with van der Waals surface area (Å²) in [6.07, 6.45) is 2.07. The van der Waals surface area contributed by atoms with Gasteiger partial charge in [-0.3, -0.25) is 14.5 Å². The van der Waals surface area contributed by atoms with Crippen LogP contribution in [0.25, 0.3) is 0 Å². The van der Waals surface area contributed by atoms with Gasteiger partial charge in [-0.1, -0.05) is 13.2 Å². The van der Waals surface area contributed by atoms with Gasteiger partial charge in [0.15, 0.2) is 5.78 Å². The van der Waals surface area contributed by atoms with Gasteiger partial charge >= 0.3 is 29.6 Å². The monoisotopic (exact) mass is 300 g/mol. The molecule has 0 heterocycles. The maximum Gasteiger partial charge on any atom is 1.00 e. The third kappa shape index (κ3) is 15.4. The van der Waals surface area contributed by atoms with Crippen LogP contribution in [0.3, 0.4) is 0 Å². The molecule has 1 unspecified atom stereocenters. The Bertz CT molecular complexity index is 420. The first kappa shape index (κ1) is 23.6. The number of nitrogens with two attached hydrogens (primary N) is 1. The summed E-state index contributed by atoms with van der Waals surface area (Å²) in [5.74, 6) is -1.67. The standard InChI is InChI=1S/C7H13NO4S.C3H5NO.Na/c1-4-7(9)6(8(2)3)5-13(10,11)12;1-2-3(4)5;/h4,6H,1,5H2,2-3H3,(H,10,11,12);2H,1H2,(H2,4,5);/q;;+1/p-1. The molecule has 0 aromatic rings. The summed E-state index contributed by atoms with van der Waals surface area (Å²) in [7, 11) is -1.33. The molecule has 0 spiro atoms. The van der Waals surface area contributed by atoms with E-state index in [1.54, 1.807) is 0 Å². The first-order chi connectivity index (χ1) is 8.05. The molecule has 0 saturated carbocycles. The van der Waals surface area contributed by atoms with Crippen molar-refractivity contribution in [3.63, 3.8) is 0 Å². The molecular weight excluding hydrogens is 283 g/mol. The summed E-state index contributed by atoms with van der Waals surface area (Å²) >= 11 is 0. The molecule has 104 valence electrons. The average Bonchev–Trinajstić information content (AvgIpc) is 2.24. The number of likely N-dealkylation sites (N-methyl/N-ethyl adjacent to an activating group) is 1. The molecular formula is C10H17N2NaO5S. The molecule has 0 radical (unpaired) electrons. The van der Waals surface area contributed by atoms with Crippen molar-refractivity contribution in [2.45, 2.75) is 6.04 Å². The zero-order chi connectivity index (χ0) is 14.9. The van der Waals surface area contributed by atoms with Crippen molar-refractivity contribution in [1.29, 1.82) is 0 Å². The summed E-state index contributed by atoms with van der Waals surface area (Å²) in [6.45, 7) is 6.31. The average molecular weight is 300 g/mol. The van der Waals surface area contributed by atoms with E-state index in [1.807, 2.05) is 0 Å². The predicted molar refractivity (Wildman–Crippen MR) is 66.6 cm³/mol. The fourth-order valence-electron chi connectivity index (χ4n) is 0.815. The molecule has 0 aliphatic heterocycles. The first-order valence-electron chi connectivity index (χ1n) is 4.73. The minimum absolute atomic E-state index is 0. The zero-order valence-electron chi connectivity index (χ0n) is 11.3. The largest absolute Gasteiger partial charge is 1.00 e. The molecule has 0 aromatic carbocycles. The van der Waals surface area contributed by atoms with Crippen molar-refractivity contribution in [3.05, 3.63) is 25.3 Å². The Hall–Kier alpha value is -0.510. The molecule has 0 aromatic heterocycles. The van der Waals surface area contributed by atoms with Gasteiger partial charge in [0.05, 0.1) is 21.9 Å². The SMILES string of the molecule is C=CC(=O)C(CS(=O)(=O)[O-])N(C)C.C=CC(N)=O.[Na+]. The number of hydrogen-bond donors (Lipinski definition) is 1. The van der Waals surface area contributed by atoms with Crippen LogP contribution in [0.2, 0.25) is 0 Å². The minimum Gasteiger partial charge on any atom is -0.748 e.